The molecule has 0 aliphatic heterocycles. The molecule has 1 rings (SSSR count). The number of carbonyl (C=O) groups excluding carboxylic acids is 1. The summed E-state index contributed by atoms with van der Waals surface area (Å²) < 4.78 is 10.2. The summed E-state index contributed by atoms with van der Waals surface area (Å²) in [5, 5.41) is 0. The van der Waals surface area contributed by atoms with Gasteiger partial charge in [-0.3, -0.25) is 4.79 Å². The van der Waals surface area contributed by atoms with E-state index in [-0.39, 0.29) is 5.97 Å². The van der Waals surface area contributed by atoms with E-state index >= 15 is 0 Å². The molecular formula is C13H18O3. The standard InChI is InChI=1S/C13H18O3/c1-13(2,3)12(14)16-9-10-5-7-11(15-4)8-6-10/h5-8H,9H2,1-4H3. The first-order valence-corrected chi connectivity index (χ1v) is 5.23. The second-order valence-electron chi connectivity index (χ2n) is 4.67. The molecule has 0 fully saturated rings. The Morgan fingerprint density at radius 2 is 1.75 bits per heavy atom. The van der Waals surface area contributed by atoms with Crippen LogP contribution in [-0.2, 0) is 16.1 Å². The molecule has 0 spiro atoms. The second kappa shape index (κ2) is 5.01. The molecule has 3 nitrogen and oxygen atoms in total. The molecule has 0 amide bonds. The van der Waals surface area contributed by atoms with E-state index in [2.05, 4.69) is 0 Å². The SMILES string of the molecule is COc1ccc(COC(=O)C(C)(C)C)cc1. The number of methoxy groups -OCH3 is 1. The van der Waals surface area contributed by atoms with E-state index in [1.165, 1.54) is 0 Å². The van der Waals surface area contributed by atoms with Gasteiger partial charge in [0.25, 0.3) is 0 Å². The third kappa shape index (κ3) is 3.57. The molecule has 0 aliphatic carbocycles. The van der Waals surface area contributed by atoms with E-state index in [9.17, 15) is 4.79 Å². The summed E-state index contributed by atoms with van der Waals surface area (Å²) in [5.41, 5.74) is 0.505. The van der Waals surface area contributed by atoms with Gasteiger partial charge in [-0.25, -0.2) is 0 Å². The molecule has 0 unspecified atom stereocenters. The van der Waals surface area contributed by atoms with E-state index in [4.69, 9.17) is 9.47 Å². The maximum Gasteiger partial charge on any atom is 0.311 e. The molecule has 88 valence electrons. The quantitative estimate of drug-likeness (QED) is 0.738. The number of carbonyl (C=O) groups is 1. The summed E-state index contributed by atoms with van der Waals surface area (Å²) >= 11 is 0. The molecule has 0 heterocycles. The van der Waals surface area contributed by atoms with Crippen molar-refractivity contribution in [3.05, 3.63) is 29.8 Å². The topological polar surface area (TPSA) is 35.5 Å². The molecule has 0 radical (unpaired) electrons. The van der Waals surface area contributed by atoms with Crippen LogP contribution in [0.3, 0.4) is 0 Å². The van der Waals surface area contributed by atoms with Crippen LogP contribution in [-0.4, -0.2) is 13.1 Å². The molecular weight excluding hydrogens is 204 g/mol. The van der Waals surface area contributed by atoms with Crippen molar-refractivity contribution in [2.45, 2.75) is 27.4 Å². The van der Waals surface area contributed by atoms with Gasteiger partial charge in [-0.2, -0.15) is 0 Å². The Labute approximate surface area is 96.4 Å². The zero-order valence-electron chi connectivity index (χ0n) is 10.2. The van der Waals surface area contributed by atoms with E-state index in [1.54, 1.807) is 7.11 Å². The molecule has 1 aromatic rings. The average molecular weight is 222 g/mol. The molecule has 0 saturated heterocycles. The maximum atomic E-state index is 11.5. The van der Waals surface area contributed by atoms with Crippen molar-refractivity contribution in [2.75, 3.05) is 7.11 Å². The monoisotopic (exact) mass is 222 g/mol. The first kappa shape index (κ1) is 12.6. The van der Waals surface area contributed by atoms with Crippen molar-refractivity contribution < 1.29 is 14.3 Å². The smallest absolute Gasteiger partial charge is 0.311 e. The number of hydrogen-bond donors (Lipinski definition) is 0. The van der Waals surface area contributed by atoms with Gasteiger partial charge in [0.1, 0.15) is 12.4 Å². The largest absolute Gasteiger partial charge is 0.497 e. The lowest BCUT2D eigenvalue weighted by Crippen LogP contribution is -2.22. The Hall–Kier alpha value is -1.51. The molecule has 0 atom stereocenters. The van der Waals surface area contributed by atoms with Crippen molar-refractivity contribution in [3.8, 4) is 5.75 Å². The molecule has 3 heteroatoms. The molecule has 0 saturated carbocycles. The third-order valence-electron chi connectivity index (χ3n) is 2.14. The van der Waals surface area contributed by atoms with E-state index < -0.39 is 5.41 Å². The van der Waals surface area contributed by atoms with Gasteiger partial charge in [-0.1, -0.05) is 12.1 Å². The van der Waals surface area contributed by atoms with Crippen LogP contribution in [0.4, 0.5) is 0 Å². The molecule has 1 aromatic carbocycles. The molecule has 0 bridgehead atoms. The summed E-state index contributed by atoms with van der Waals surface area (Å²) in [6.07, 6.45) is 0. The summed E-state index contributed by atoms with van der Waals surface area (Å²) in [4.78, 5) is 11.5. The van der Waals surface area contributed by atoms with Crippen molar-refractivity contribution in [1.29, 1.82) is 0 Å². The fraction of sp³-hybridized carbons (Fsp3) is 0.462. The zero-order valence-corrected chi connectivity index (χ0v) is 10.2. The lowest BCUT2D eigenvalue weighted by atomic mass is 9.97. The molecule has 0 N–H and O–H groups in total. The molecule has 0 aliphatic rings. The van der Waals surface area contributed by atoms with Gasteiger partial charge >= 0.3 is 5.97 Å². The van der Waals surface area contributed by atoms with Gasteiger partial charge in [0, 0.05) is 0 Å². The lowest BCUT2D eigenvalue weighted by Gasteiger charge is -2.16. The lowest BCUT2D eigenvalue weighted by molar-refractivity contribution is -0.154. The Balaban J connectivity index is 2.52. The van der Waals surface area contributed by atoms with E-state index in [0.29, 0.717) is 6.61 Å². The van der Waals surface area contributed by atoms with Crippen LogP contribution in [0.15, 0.2) is 24.3 Å². The number of hydrogen-bond acceptors (Lipinski definition) is 3. The van der Waals surface area contributed by atoms with Crippen molar-refractivity contribution in [1.82, 2.24) is 0 Å². The summed E-state index contributed by atoms with van der Waals surface area (Å²) in [6, 6.07) is 7.46. The summed E-state index contributed by atoms with van der Waals surface area (Å²) in [6.45, 7) is 5.82. The molecule has 16 heavy (non-hydrogen) atoms. The highest BCUT2D eigenvalue weighted by molar-refractivity contribution is 5.75. The fourth-order valence-electron chi connectivity index (χ4n) is 1.09. The molecule has 0 aromatic heterocycles. The second-order valence-corrected chi connectivity index (χ2v) is 4.67. The maximum absolute atomic E-state index is 11.5. The normalized spacial score (nSPS) is 11.0. The Bertz CT molecular complexity index is 346. The van der Waals surface area contributed by atoms with Crippen LogP contribution in [0.2, 0.25) is 0 Å². The number of esters is 1. The minimum Gasteiger partial charge on any atom is -0.497 e. The van der Waals surface area contributed by atoms with Crippen LogP contribution in [0.25, 0.3) is 0 Å². The first-order valence-electron chi connectivity index (χ1n) is 5.23. The first-order chi connectivity index (χ1) is 7.43. The van der Waals surface area contributed by atoms with Gasteiger partial charge in [0.05, 0.1) is 12.5 Å². The van der Waals surface area contributed by atoms with Crippen LogP contribution >= 0.6 is 0 Å². The number of rotatable bonds is 3. The summed E-state index contributed by atoms with van der Waals surface area (Å²) in [7, 11) is 1.62. The summed E-state index contributed by atoms with van der Waals surface area (Å²) in [5.74, 6) is 0.606. The van der Waals surface area contributed by atoms with Gasteiger partial charge in [-0.15, -0.1) is 0 Å². The number of benzene rings is 1. The van der Waals surface area contributed by atoms with Crippen molar-refractivity contribution >= 4 is 5.97 Å². The third-order valence-corrected chi connectivity index (χ3v) is 2.14. The fourth-order valence-corrected chi connectivity index (χ4v) is 1.09. The van der Waals surface area contributed by atoms with Crippen LogP contribution in [0.1, 0.15) is 26.3 Å². The van der Waals surface area contributed by atoms with Gasteiger partial charge in [0.15, 0.2) is 0 Å². The highest BCUT2D eigenvalue weighted by atomic mass is 16.5. The highest BCUT2D eigenvalue weighted by Crippen LogP contribution is 2.17. The predicted octanol–water partition coefficient (Wildman–Crippen LogP) is 2.78. The van der Waals surface area contributed by atoms with Crippen LogP contribution in [0.5, 0.6) is 5.75 Å². The van der Waals surface area contributed by atoms with Crippen LogP contribution < -0.4 is 4.74 Å². The zero-order chi connectivity index (χ0) is 12.2. The van der Waals surface area contributed by atoms with E-state index in [1.807, 2.05) is 45.0 Å². The average Bonchev–Trinajstić information content (AvgIpc) is 2.25. The van der Waals surface area contributed by atoms with E-state index in [0.717, 1.165) is 11.3 Å². The van der Waals surface area contributed by atoms with Gasteiger partial charge in [-0.05, 0) is 38.5 Å². The Kier molecular flexibility index (Phi) is 3.93. The Morgan fingerprint density at radius 1 is 1.19 bits per heavy atom. The number of ether oxygens (including phenoxy) is 2. The van der Waals surface area contributed by atoms with Crippen molar-refractivity contribution in [2.24, 2.45) is 5.41 Å². The predicted molar refractivity (Wildman–Crippen MR) is 62.2 cm³/mol. The highest BCUT2D eigenvalue weighted by Gasteiger charge is 2.22. The van der Waals surface area contributed by atoms with Gasteiger partial charge < -0.3 is 9.47 Å². The van der Waals surface area contributed by atoms with Crippen LogP contribution in [0, 0.1) is 5.41 Å². The Morgan fingerprint density at radius 3 is 2.19 bits per heavy atom. The minimum atomic E-state index is -0.452. The van der Waals surface area contributed by atoms with Crippen molar-refractivity contribution in [3.63, 3.8) is 0 Å². The van der Waals surface area contributed by atoms with Gasteiger partial charge in [0.2, 0.25) is 0 Å². The minimum absolute atomic E-state index is 0.191.